The molecule has 2 N–H and O–H groups in total. The summed E-state index contributed by atoms with van der Waals surface area (Å²) in [6, 6.07) is 18.7. The molecule has 0 aliphatic carbocycles. The van der Waals surface area contributed by atoms with Gasteiger partial charge in [-0.3, -0.25) is 25.3 Å². The van der Waals surface area contributed by atoms with E-state index >= 15 is 0 Å². The lowest BCUT2D eigenvalue weighted by Crippen LogP contribution is -2.45. The van der Waals surface area contributed by atoms with Crippen molar-refractivity contribution in [1.29, 1.82) is 0 Å². The Kier molecular flexibility index (Phi) is 7.67. The summed E-state index contributed by atoms with van der Waals surface area (Å²) in [6.07, 6.45) is 1.39. The summed E-state index contributed by atoms with van der Waals surface area (Å²) < 4.78 is 16.3. The van der Waals surface area contributed by atoms with E-state index in [9.17, 15) is 9.59 Å². The number of carbonyl (C=O) groups is 2. The maximum absolute atomic E-state index is 12.1. The molecule has 0 saturated carbocycles. The highest BCUT2D eigenvalue weighted by Gasteiger charge is 2.13. The van der Waals surface area contributed by atoms with Crippen molar-refractivity contribution in [2.45, 2.75) is 13.2 Å². The molecule has 162 valence electrons. The molecule has 0 unspecified atom stereocenters. The van der Waals surface area contributed by atoms with E-state index in [-0.39, 0.29) is 18.2 Å². The number of hydrazine groups is 1. The normalized spacial score (nSPS) is 10.5. The Morgan fingerprint density at radius 1 is 0.968 bits per heavy atom. The molecule has 1 heterocycles. The third-order valence-electron chi connectivity index (χ3n) is 4.39. The van der Waals surface area contributed by atoms with Crippen LogP contribution in [0.4, 0.5) is 0 Å². The summed E-state index contributed by atoms with van der Waals surface area (Å²) in [4.78, 5) is 25.7. The Balaban J connectivity index is 1.49. The van der Waals surface area contributed by atoms with Gasteiger partial charge >= 0.3 is 5.91 Å². The third-order valence-corrected chi connectivity index (χ3v) is 4.39. The largest absolute Gasteiger partial charge is 0.493 e. The molecule has 0 atom stereocenters. The van der Waals surface area contributed by atoms with E-state index in [4.69, 9.17) is 13.9 Å². The highest BCUT2D eigenvalue weighted by atomic mass is 16.5. The molecule has 2 amide bonds. The summed E-state index contributed by atoms with van der Waals surface area (Å²) in [5, 5.41) is 0. The molecule has 3 rings (SSSR count). The second-order valence-electron chi connectivity index (χ2n) is 6.91. The van der Waals surface area contributed by atoms with Gasteiger partial charge in [0.05, 0.1) is 19.9 Å². The molecular weight excluding hydrogens is 398 g/mol. The van der Waals surface area contributed by atoms with Gasteiger partial charge in [0.1, 0.15) is 6.61 Å². The zero-order valence-electron chi connectivity index (χ0n) is 17.5. The van der Waals surface area contributed by atoms with Crippen LogP contribution in [0, 0.1) is 0 Å². The molecule has 1 aromatic heterocycles. The van der Waals surface area contributed by atoms with Crippen molar-refractivity contribution in [1.82, 2.24) is 15.8 Å². The number of nitrogens with zero attached hydrogens (tertiary/aromatic N) is 1. The van der Waals surface area contributed by atoms with Gasteiger partial charge < -0.3 is 13.9 Å². The predicted octanol–water partition coefficient (Wildman–Crippen LogP) is 2.76. The predicted molar refractivity (Wildman–Crippen MR) is 114 cm³/mol. The average molecular weight is 423 g/mol. The molecule has 0 radical (unpaired) electrons. The Morgan fingerprint density at radius 3 is 2.48 bits per heavy atom. The van der Waals surface area contributed by atoms with E-state index in [0.717, 1.165) is 11.1 Å². The Hall–Kier alpha value is -3.78. The number of hydrogen-bond donors (Lipinski definition) is 2. The summed E-state index contributed by atoms with van der Waals surface area (Å²) in [7, 11) is 3.40. The maximum Gasteiger partial charge on any atom is 0.305 e. The lowest BCUT2D eigenvalue weighted by molar-refractivity contribution is -0.122. The number of hydrogen-bond acceptors (Lipinski definition) is 6. The van der Waals surface area contributed by atoms with Crippen LogP contribution in [0.5, 0.6) is 11.5 Å². The monoisotopic (exact) mass is 423 g/mol. The smallest absolute Gasteiger partial charge is 0.305 e. The summed E-state index contributed by atoms with van der Waals surface area (Å²) >= 11 is 0. The number of ether oxygens (including phenoxy) is 2. The van der Waals surface area contributed by atoms with E-state index in [1.54, 1.807) is 20.2 Å². The molecule has 0 aliphatic heterocycles. The Morgan fingerprint density at radius 2 is 1.77 bits per heavy atom. The minimum atomic E-state index is -0.517. The third kappa shape index (κ3) is 6.61. The number of methoxy groups -OCH3 is 1. The van der Waals surface area contributed by atoms with E-state index < -0.39 is 5.91 Å². The first-order valence-corrected chi connectivity index (χ1v) is 9.70. The van der Waals surface area contributed by atoms with Gasteiger partial charge in [-0.2, -0.15) is 0 Å². The van der Waals surface area contributed by atoms with Gasteiger partial charge in [-0.1, -0.05) is 36.4 Å². The van der Waals surface area contributed by atoms with Gasteiger partial charge in [0.2, 0.25) is 0 Å². The number of nitrogens with one attached hydrogen (secondary N) is 2. The Bertz CT molecular complexity index is 990. The standard InChI is InChI=1S/C23H25N3O5/c1-26(15-22(27)24-25-23(28)20-9-6-12-30-20)14-18-10-11-19(21(13-18)29-2)31-16-17-7-4-3-5-8-17/h3-13H,14-16H2,1-2H3,(H,24,27)(H,25,28). The van der Waals surface area contributed by atoms with Gasteiger partial charge in [0.25, 0.3) is 5.91 Å². The fourth-order valence-corrected chi connectivity index (χ4v) is 2.91. The number of furan rings is 1. The van der Waals surface area contributed by atoms with Crippen molar-refractivity contribution in [2.24, 2.45) is 0 Å². The van der Waals surface area contributed by atoms with E-state index in [1.165, 1.54) is 12.3 Å². The second-order valence-corrected chi connectivity index (χ2v) is 6.91. The molecule has 3 aromatic rings. The first-order valence-electron chi connectivity index (χ1n) is 9.70. The number of likely N-dealkylation sites (N-methyl/N-ethyl adjacent to an activating group) is 1. The first-order chi connectivity index (χ1) is 15.0. The van der Waals surface area contributed by atoms with E-state index in [0.29, 0.717) is 24.7 Å². The Labute approximate surface area is 180 Å². The SMILES string of the molecule is COc1cc(CN(C)CC(=O)NNC(=O)c2ccco2)ccc1OCc1ccccc1. The number of rotatable bonds is 9. The summed E-state index contributed by atoms with van der Waals surface area (Å²) in [6.45, 7) is 1.04. The average Bonchev–Trinajstić information content (AvgIpc) is 3.32. The zero-order valence-corrected chi connectivity index (χ0v) is 17.5. The van der Waals surface area contributed by atoms with Crippen LogP contribution in [0.1, 0.15) is 21.7 Å². The minimum Gasteiger partial charge on any atom is -0.493 e. The van der Waals surface area contributed by atoms with E-state index in [2.05, 4.69) is 10.9 Å². The van der Waals surface area contributed by atoms with Crippen LogP contribution in [0.3, 0.4) is 0 Å². The second kappa shape index (κ2) is 10.8. The fourth-order valence-electron chi connectivity index (χ4n) is 2.91. The van der Waals surface area contributed by atoms with E-state index in [1.807, 2.05) is 53.4 Å². The molecule has 31 heavy (non-hydrogen) atoms. The van der Waals surface area contributed by atoms with Crippen LogP contribution in [-0.2, 0) is 17.9 Å². The van der Waals surface area contributed by atoms with Gasteiger partial charge in [-0.15, -0.1) is 0 Å². The van der Waals surface area contributed by atoms with Crippen LogP contribution in [0.2, 0.25) is 0 Å². The fraction of sp³-hybridized carbons (Fsp3) is 0.217. The summed E-state index contributed by atoms with van der Waals surface area (Å²) in [5.41, 5.74) is 6.70. The molecule has 8 nitrogen and oxygen atoms in total. The van der Waals surface area contributed by atoms with Crippen molar-refractivity contribution in [3.8, 4) is 11.5 Å². The van der Waals surface area contributed by atoms with Crippen molar-refractivity contribution < 1.29 is 23.5 Å². The quantitative estimate of drug-likeness (QED) is 0.514. The van der Waals surface area contributed by atoms with Gasteiger partial charge in [0, 0.05) is 6.54 Å². The van der Waals surface area contributed by atoms with Gasteiger partial charge in [0.15, 0.2) is 17.3 Å². The molecule has 2 aromatic carbocycles. The van der Waals surface area contributed by atoms with Gasteiger partial charge in [-0.05, 0) is 42.4 Å². The number of amides is 2. The van der Waals surface area contributed by atoms with Crippen LogP contribution in [-0.4, -0.2) is 37.4 Å². The van der Waals surface area contributed by atoms with Crippen LogP contribution in [0.25, 0.3) is 0 Å². The molecule has 0 saturated heterocycles. The highest BCUT2D eigenvalue weighted by molar-refractivity contribution is 5.93. The van der Waals surface area contributed by atoms with Crippen LogP contribution < -0.4 is 20.3 Å². The number of carbonyl (C=O) groups excluding carboxylic acids is 2. The maximum atomic E-state index is 12.1. The van der Waals surface area contributed by atoms with Crippen LogP contribution >= 0.6 is 0 Å². The van der Waals surface area contributed by atoms with Gasteiger partial charge in [-0.25, -0.2) is 0 Å². The minimum absolute atomic E-state index is 0.0903. The molecular formula is C23H25N3O5. The molecule has 0 bridgehead atoms. The first kappa shape index (κ1) is 21.9. The molecule has 0 fully saturated rings. The zero-order chi connectivity index (χ0) is 22.1. The van der Waals surface area contributed by atoms with Crippen molar-refractivity contribution >= 4 is 11.8 Å². The summed E-state index contributed by atoms with van der Waals surface area (Å²) in [5.74, 6) is 0.525. The van der Waals surface area contributed by atoms with Crippen molar-refractivity contribution in [3.05, 3.63) is 83.8 Å². The van der Waals surface area contributed by atoms with Crippen LogP contribution in [0.15, 0.2) is 71.3 Å². The lowest BCUT2D eigenvalue weighted by Gasteiger charge is -2.18. The lowest BCUT2D eigenvalue weighted by atomic mass is 10.2. The molecule has 0 spiro atoms. The van der Waals surface area contributed by atoms with Crippen molar-refractivity contribution in [2.75, 3.05) is 20.7 Å². The van der Waals surface area contributed by atoms with Crippen molar-refractivity contribution in [3.63, 3.8) is 0 Å². The topological polar surface area (TPSA) is 93.0 Å². The number of benzene rings is 2. The molecule has 0 aliphatic rings. The highest BCUT2D eigenvalue weighted by Crippen LogP contribution is 2.29. The molecule has 8 heteroatoms.